The Kier molecular flexibility index (Phi) is 5.13. The topological polar surface area (TPSA) is 63.4 Å². The van der Waals surface area contributed by atoms with Crippen molar-refractivity contribution in [1.29, 1.82) is 0 Å². The molecule has 7 heteroatoms. The Hall–Kier alpha value is 0.0900. The van der Waals surface area contributed by atoms with Gasteiger partial charge in [0, 0.05) is 13.1 Å². The van der Waals surface area contributed by atoms with Crippen molar-refractivity contribution in [3.63, 3.8) is 0 Å². The van der Waals surface area contributed by atoms with E-state index < -0.39 is 10.4 Å². The lowest BCUT2D eigenvalue weighted by molar-refractivity contribution is 0.269. The summed E-state index contributed by atoms with van der Waals surface area (Å²) in [6, 6.07) is 0. The number of rotatable bonds is 2. The van der Waals surface area contributed by atoms with Crippen LogP contribution in [0.1, 0.15) is 12.8 Å². The normalized spacial score (nSPS) is 21.1. The maximum atomic E-state index is 12.4. The highest BCUT2D eigenvalue weighted by Gasteiger charge is 2.26. The summed E-state index contributed by atoms with van der Waals surface area (Å²) in [5.74, 6) is 0.350. The van der Waals surface area contributed by atoms with E-state index in [1.807, 2.05) is 0 Å². The van der Waals surface area contributed by atoms with Crippen molar-refractivity contribution in [3.05, 3.63) is 0 Å². The van der Waals surface area contributed by atoms with Crippen molar-refractivity contribution in [2.24, 2.45) is 11.7 Å². The Morgan fingerprint density at radius 1 is 1.38 bits per heavy atom. The molecule has 4 nitrogen and oxygen atoms in total. The number of halogens is 2. The van der Waals surface area contributed by atoms with Gasteiger partial charge >= 0.3 is 10.4 Å². The van der Waals surface area contributed by atoms with Crippen LogP contribution in [0.25, 0.3) is 0 Å². The number of hydrogen-bond acceptors (Lipinski definition) is 3. The van der Waals surface area contributed by atoms with Crippen LogP contribution >= 0.6 is 12.4 Å². The van der Waals surface area contributed by atoms with Gasteiger partial charge in [0.15, 0.2) is 0 Å². The molecule has 0 atom stereocenters. The fraction of sp³-hybridized carbons (Fsp3) is 1.00. The molecule has 13 heavy (non-hydrogen) atoms. The summed E-state index contributed by atoms with van der Waals surface area (Å²) in [6.45, 7) is 1.08. The molecule has 1 heterocycles. The predicted octanol–water partition coefficient (Wildman–Crippen LogP) is 0.293. The van der Waals surface area contributed by atoms with Crippen LogP contribution < -0.4 is 5.73 Å². The van der Waals surface area contributed by atoms with Gasteiger partial charge in [0.1, 0.15) is 0 Å². The molecule has 0 spiro atoms. The molecule has 0 aromatic heterocycles. The largest absolute Gasteiger partial charge is 0.374 e. The zero-order valence-corrected chi connectivity index (χ0v) is 8.78. The standard InChI is InChI=1S/C6H13FN2O2S.ClH/c7-12(10,11)9-3-1-6(5-8)2-4-9;/h6H,1-5,8H2;1H. The SMILES string of the molecule is Cl.NCC1CCN(S(=O)(=O)F)CC1. The Morgan fingerprint density at radius 2 is 1.85 bits per heavy atom. The highest BCUT2D eigenvalue weighted by atomic mass is 35.5. The average molecular weight is 233 g/mol. The minimum Gasteiger partial charge on any atom is -0.330 e. The number of piperidine rings is 1. The molecule has 0 aromatic carbocycles. The quantitative estimate of drug-likeness (QED) is 0.697. The molecule has 0 amide bonds. The van der Waals surface area contributed by atoms with Gasteiger partial charge in [-0.25, -0.2) is 0 Å². The van der Waals surface area contributed by atoms with Crippen molar-refractivity contribution in [2.75, 3.05) is 19.6 Å². The zero-order chi connectivity index (χ0) is 9.19. The lowest BCUT2D eigenvalue weighted by Crippen LogP contribution is -2.38. The third-order valence-corrected chi connectivity index (χ3v) is 3.20. The first kappa shape index (κ1) is 13.1. The zero-order valence-electron chi connectivity index (χ0n) is 7.15. The smallest absolute Gasteiger partial charge is 0.330 e. The van der Waals surface area contributed by atoms with Gasteiger partial charge in [-0.1, -0.05) is 3.89 Å². The Balaban J connectivity index is 0.00000144. The predicted molar refractivity (Wildman–Crippen MR) is 50.6 cm³/mol. The van der Waals surface area contributed by atoms with Gasteiger partial charge in [-0.05, 0) is 25.3 Å². The van der Waals surface area contributed by atoms with Crippen LogP contribution in [-0.4, -0.2) is 32.4 Å². The van der Waals surface area contributed by atoms with E-state index in [0.29, 0.717) is 25.3 Å². The van der Waals surface area contributed by atoms with E-state index in [1.54, 1.807) is 0 Å². The third kappa shape index (κ3) is 3.76. The fourth-order valence-corrected chi connectivity index (χ4v) is 2.01. The molecule has 2 N–H and O–H groups in total. The molecule has 0 saturated carbocycles. The maximum absolute atomic E-state index is 12.4. The van der Waals surface area contributed by atoms with Gasteiger partial charge < -0.3 is 5.73 Å². The first-order valence-corrected chi connectivity index (χ1v) is 5.28. The third-order valence-electron chi connectivity index (χ3n) is 2.22. The summed E-state index contributed by atoms with van der Waals surface area (Å²) in [7, 11) is -4.47. The lowest BCUT2D eigenvalue weighted by atomic mass is 9.99. The van der Waals surface area contributed by atoms with E-state index in [9.17, 15) is 12.3 Å². The summed E-state index contributed by atoms with van der Waals surface area (Å²) in [6.07, 6.45) is 1.33. The molecular weight excluding hydrogens is 219 g/mol. The van der Waals surface area contributed by atoms with Crippen LogP contribution in [0, 0.1) is 5.92 Å². The van der Waals surface area contributed by atoms with Crippen molar-refractivity contribution < 1.29 is 12.3 Å². The molecular formula is C6H14ClFN2O2S. The first-order valence-electron chi connectivity index (χ1n) is 3.94. The van der Waals surface area contributed by atoms with Crippen LogP contribution in [0.2, 0.25) is 0 Å². The molecule has 0 bridgehead atoms. The molecule has 1 saturated heterocycles. The van der Waals surface area contributed by atoms with Crippen molar-refractivity contribution >= 4 is 22.8 Å². The van der Waals surface area contributed by atoms with Crippen LogP contribution in [0.4, 0.5) is 3.89 Å². The summed E-state index contributed by atoms with van der Waals surface area (Å²) >= 11 is 0. The van der Waals surface area contributed by atoms with Gasteiger partial charge in [0.05, 0.1) is 0 Å². The first-order chi connectivity index (χ1) is 5.54. The van der Waals surface area contributed by atoms with Crippen molar-refractivity contribution in [3.8, 4) is 0 Å². The molecule has 0 aromatic rings. The molecule has 1 fully saturated rings. The second-order valence-corrected chi connectivity index (χ2v) is 4.36. The molecule has 80 valence electrons. The van der Waals surface area contributed by atoms with E-state index >= 15 is 0 Å². The van der Waals surface area contributed by atoms with Gasteiger partial charge in [-0.15, -0.1) is 12.4 Å². The van der Waals surface area contributed by atoms with Gasteiger partial charge in [-0.2, -0.15) is 12.7 Å². The van der Waals surface area contributed by atoms with Crippen molar-refractivity contribution in [2.45, 2.75) is 12.8 Å². The molecule has 1 aliphatic rings. The van der Waals surface area contributed by atoms with Gasteiger partial charge in [0.2, 0.25) is 0 Å². The Bertz CT molecular complexity index is 239. The van der Waals surface area contributed by atoms with E-state index in [-0.39, 0.29) is 25.5 Å². The van der Waals surface area contributed by atoms with E-state index in [4.69, 9.17) is 5.73 Å². The fourth-order valence-electron chi connectivity index (χ4n) is 1.36. The summed E-state index contributed by atoms with van der Waals surface area (Å²) in [5.41, 5.74) is 5.40. The number of nitrogens with zero attached hydrogens (tertiary/aromatic N) is 1. The van der Waals surface area contributed by atoms with E-state index in [2.05, 4.69) is 0 Å². The van der Waals surface area contributed by atoms with E-state index in [0.717, 1.165) is 4.31 Å². The summed E-state index contributed by atoms with van der Waals surface area (Å²) in [5, 5.41) is 0. The Morgan fingerprint density at radius 3 is 2.15 bits per heavy atom. The summed E-state index contributed by atoms with van der Waals surface area (Å²) in [4.78, 5) is 0. The molecule has 0 radical (unpaired) electrons. The Labute approximate surface area is 84.0 Å². The molecule has 0 unspecified atom stereocenters. The second-order valence-electron chi connectivity index (χ2n) is 3.02. The second kappa shape index (κ2) is 5.09. The highest BCUT2D eigenvalue weighted by Crippen LogP contribution is 2.18. The minimum atomic E-state index is -4.47. The lowest BCUT2D eigenvalue weighted by Gasteiger charge is -2.27. The number of hydrogen-bond donors (Lipinski definition) is 1. The summed E-state index contributed by atoms with van der Waals surface area (Å²) < 4.78 is 34.1. The van der Waals surface area contributed by atoms with Crippen LogP contribution in [-0.2, 0) is 10.4 Å². The van der Waals surface area contributed by atoms with Gasteiger partial charge in [0.25, 0.3) is 0 Å². The maximum Gasteiger partial charge on any atom is 0.374 e. The average Bonchev–Trinajstić information content (AvgIpc) is 2.03. The van der Waals surface area contributed by atoms with E-state index in [1.165, 1.54) is 0 Å². The van der Waals surface area contributed by atoms with Crippen LogP contribution in [0.15, 0.2) is 0 Å². The monoisotopic (exact) mass is 232 g/mol. The number of nitrogens with two attached hydrogens (primary N) is 1. The highest BCUT2D eigenvalue weighted by molar-refractivity contribution is 7.83. The molecule has 1 aliphatic heterocycles. The molecule has 0 aliphatic carbocycles. The molecule has 1 rings (SSSR count). The minimum absolute atomic E-state index is 0. The van der Waals surface area contributed by atoms with Crippen molar-refractivity contribution in [1.82, 2.24) is 4.31 Å². The van der Waals surface area contributed by atoms with Crippen LogP contribution in [0.3, 0.4) is 0 Å². The van der Waals surface area contributed by atoms with Gasteiger partial charge in [-0.3, -0.25) is 0 Å². The van der Waals surface area contributed by atoms with Crippen LogP contribution in [0.5, 0.6) is 0 Å².